The van der Waals surface area contributed by atoms with E-state index >= 15 is 0 Å². The van der Waals surface area contributed by atoms with Crippen LogP contribution in [0.5, 0.6) is 5.75 Å². The Morgan fingerprint density at radius 2 is 1.82 bits per heavy atom. The van der Waals surface area contributed by atoms with Gasteiger partial charge in [-0.1, -0.05) is 41.9 Å². The number of methoxy groups -OCH3 is 1. The van der Waals surface area contributed by atoms with Crippen molar-refractivity contribution in [2.45, 2.75) is 12.5 Å². The predicted molar refractivity (Wildman–Crippen MR) is 123 cm³/mol. The minimum Gasteiger partial charge on any atom is -0.497 e. The molecular weight excluding hydrogens is 445 g/mol. The maximum Gasteiger partial charge on any atom is 0.290 e. The molecule has 0 unspecified atom stereocenters. The van der Waals surface area contributed by atoms with Crippen molar-refractivity contribution >= 4 is 28.5 Å². The van der Waals surface area contributed by atoms with Crippen LogP contribution in [0.3, 0.4) is 0 Å². The van der Waals surface area contributed by atoms with E-state index in [0.29, 0.717) is 11.4 Å². The first-order valence-corrected chi connectivity index (χ1v) is 10.8. The number of hydrogen-bond donors (Lipinski definition) is 0. The van der Waals surface area contributed by atoms with Crippen LogP contribution >= 0.6 is 11.6 Å². The lowest BCUT2D eigenvalue weighted by Crippen LogP contribution is -2.32. The van der Waals surface area contributed by atoms with E-state index in [4.69, 9.17) is 20.8 Å². The van der Waals surface area contributed by atoms with E-state index in [0.717, 1.165) is 11.3 Å². The molecule has 5 rings (SSSR count). The Bertz CT molecular complexity index is 1430. The molecule has 0 N–H and O–H groups in total. The molecule has 5 nitrogen and oxygen atoms in total. The number of nitrogens with zero attached hydrogens (tertiary/aromatic N) is 1. The van der Waals surface area contributed by atoms with Gasteiger partial charge < -0.3 is 14.1 Å². The van der Waals surface area contributed by atoms with Crippen molar-refractivity contribution in [2.24, 2.45) is 0 Å². The highest BCUT2D eigenvalue weighted by Gasteiger charge is 2.43. The summed E-state index contributed by atoms with van der Waals surface area (Å²) in [6, 6.07) is 17.4. The maximum absolute atomic E-state index is 14.9. The highest BCUT2D eigenvalue weighted by Crippen LogP contribution is 2.39. The Labute approximate surface area is 194 Å². The second-order valence-electron chi connectivity index (χ2n) is 7.84. The van der Waals surface area contributed by atoms with Crippen molar-refractivity contribution in [3.8, 4) is 5.75 Å². The predicted octanol–water partition coefficient (Wildman–Crippen LogP) is 5.38. The van der Waals surface area contributed by atoms with Gasteiger partial charge >= 0.3 is 0 Å². The summed E-state index contributed by atoms with van der Waals surface area (Å²) in [7, 11) is 1.59. The van der Waals surface area contributed by atoms with Crippen LogP contribution in [0, 0.1) is 5.82 Å². The molecule has 1 aliphatic heterocycles. The fraction of sp³-hybridized carbons (Fsp3) is 0.154. The topological polar surface area (TPSA) is 59.8 Å². The van der Waals surface area contributed by atoms with Crippen molar-refractivity contribution in [1.29, 1.82) is 0 Å². The average Bonchev–Trinajstić information content (AvgIpc) is 3.10. The third-order valence-corrected chi connectivity index (χ3v) is 6.16. The molecule has 3 aromatic carbocycles. The molecule has 4 aromatic rings. The number of carbonyl (C=O) groups excluding carboxylic acids is 1. The van der Waals surface area contributed by atoms with Crippen LogP contribution in [0.1, 0.15) is 33.3 Å². The number of halogens is 2. The van der Waals surface area contributed by atoms with E-state index in [9.17, 15) is 14.0 Å². The second-order valence-corrected chi connectivity index (χ2v) is 8.27. The molecule has 0 saturated heterocycles. The van der Waals surface area contributed by atoms with Gasteiger partial charge in [-0.3, -0.25) is 9.59 Å². The molecule has 0 spiro atoms. The molecule has 0 aliphatic carbocycles. The van der Waals surface area contributed by atoms with Gasteiger partial charge in [-0.25, -0.2) is 4.39 Å². The number of hydrogen-bond acceptors (Lipinski definition) is 4. The van der Waals surface area contributed by atoms with Gasteiger partial charge in [0.1, 0.15) is 17.1 Å². The first kappa shape index (κ1) is 21.2. The van der Waals surface area contributed by atoms with E-state index in [2.05, 4.69) is 0 Å². The van der Waals surface area contributed by atoms with Crippen molar-refractivity contribution in [1.82, 2.24) is 4.90 Å². The van der Waals surface area contributed by atoms with Crippen LogP contribution in [0.25, 0.3) is 11.0 Å². The summed E-state index contributed by atoms with van der Waals surface area (Å²) in [5.41, 5.74) is 1.23. The molecule has 1 aliphatic rings. The number of ether oxygens (including phenoxy) is 1. The van der Waals surface area contributed by atoms with Gasteiger partial charge in [0.15, 0.2) is 5.43 Å². The van der Waals surface area contributed by atoms with Crippen molar-refractivity contribution in [2.75, 3.05) is 13.7 Å². The molecule has 0 bridgehead atoms. The molecule has 0 radical (unpaired) electrons. The summed E-state index contributed by atoms with van der Waals surface area (Å²) in [5.74, 6) is -0.269. The van der Waals surface area contributed by atoms with Crippen molar-refractivity contribution in [3.63, 3.8) is 0 Å². The van der Waals surface area contributed by atoms with E-state index in [1.54, 1.807) is 37.4 Å². The summed E-state index contributed by atoms with van der Waals surface area (Å²) in [5, 5.41) is 0.630. The number of fused-ring (bicyclic) bond motifs is 2. The fourth-order valence-electron chi connectivity index (χ4n) is 4.29. The zero-order valence-electron chi connectivity index (χ0n) is 17.7. The second kappa shape index (κ2) is 8.37. The van der Waals surface area contributed by atoms with Crippen LogP contribution in [0.4, 0.5) is 4.39 Å². The zero-order valence-corrected chi connectivity index (χ0v) is 18.4. The van der Waals surface area contributed by atoms with Gasteiger partial charge in [-0.15, -0.1) is 0 Å². The molecular formula is C26H19ClFNO4. The van der Waals surface area contributed by atoms with E-state index in [1.807, 2.05) is 24.3 Å². The Hall–Kier alpha value is -3.64. The Kier molecular flexibility index (Phi) is 5.38. The third-order valence-electron chi connectivity index (χ3n) is 5.93. The smallest absolute Gasteiger partial charge is 0.290 e. The number of benzene rings is 3. The Morgan fingerprint density at radius 1 is 1.06 bits per heavy atom. The quantitative estimate of drug-likeness (QED) is 0.398. The highest BCUT2D eigenvalue weighted by molar-refractivity contribution is 6.31. The summed E-state index contributed by atoms with van der Waals surface area (Å²) >= 11 is 6.09. The van der Waals surface area contributed by atoms with Crippen LogP contribution in [0.15, 0.2) is 75.9 Å². The lowest BCUT2D eigenvalue weighted by atomic mass is 9.98. The first-order chi connectivity index (χ1) is 16.0. The van der Waals surface area contributed by atoms with E-state index in [1.165, 1.54) is 17.0 Å². The van der Waals surface area contributed by atoms with Crippen LogP contribution < -0.4 is 10.2 Å². The number of carbonyl (C=O) groups is 1. The summed E-state index contributed by atoms with van der Waals surface area (Å²) in [6.45, 7) is 0.269. The fourth-order valence-corrected chi connectivity index (χ4v) is 4.46. The monoisotopic (exact) mass is 463 g/mol. The molecule has 0 fully saturated rings. The molecule has 166 valence electrons. The summed E-state index contributed by atoms with van der Waals surface area (Å²) in [4.78, 5) is 28.4. The average molecular weight is 464 g/mol. The normalized spacial score (nSPS) is 15.2. The molecule has 1 aromatic heterocycles. The minimum atomic E-state index is -0.897. The van der Waals surface area contributed by atoms with Crippen molar-refractivity contribution in [3.05, 3.63) is 110 Å². The van der Waals surface area contributed by atoms with Crippen LogP contribution in [-0.4, -0.2) is 24.5 Å². The zero-order chi connectivity index (χ0) is 23.1. The summed E-state index contributed by atoms with van der Waals surface area (Å²) < 4.78 is 25.9. The third kappa shape index (κ3) is 3.66. The Balaban J connectivity index is 1.62. The van der Waals surface area contributed by atoms with Gasteiger partial charge in [-0.2, -0.15) is 0 Å². The van der Waals surface area contributed by atoms with Gasteiger partial charge in [0.05, 0.1) is 24.1 Å². The van der Waals surface area contributed by atoms with E-state index in [-0.39, 0.29) is 39.8 Å². The number of rotatable bonds is 5. The van der Waals surface area contributed by atoms with Gasteiger partial charge in [0.25, 0.3) is 5.91 Å². The van der Waals surface area contributed by atoms with E-state index < -0.39 is 17.8 Å². The number of amides is 1. The molecule has 2 heterocycles. The standard InChI is InChI=1S/C26H19ClFNO4/c1-32-17-9-6-15(7-10-17)12-13-29-23(18-4-2-3-5-20(18)28)22-24(30)19-14-16(27)8-11-21(19)33-25(22)26(29)31/h2-11,14,23H,12-13H2,1H3/t23-/m0/s1. The molecule has 33 heavy (non-hydrogen) atoms. The largest absolute Gasteiger partial charge is 0.497 e. The first-order valence-electron chi connectivity index (χ1n) is 10.4. The molecule has 0 saturated carbocycles. The molecule has 1 amide bonds. The molecule has 7 heteroatoms. The van der Waals surface area contributed by atoms with Crippen molar-refractivity contribution < 1.29 is 18.3 Å². The lowest BCUT2D eigenvalue weighted by Gasteiger charge is -2.25. The van der Waals surface area contributed by atoms with Gasteiger partial charge in [0, 0.05) is 17.1 Å². The highest BCUT2D eigenvalue weighted by atomic mass is 35.5. The SMILES string of the molecule is COc1ccc(CCN2C(=O)c3oc4ccc(Cl)cc4c(=O)c3[C@@H]2c2ccccc2F)cc1. The minimum absolute atomic E-state index is 0.0576. The Morgan fingerprint density at radius 3 is 2.55 bits per heavy atom. The molecule has 1 atom stereocenters. The summed E-state index contributed by atoms with van der Waals surface area (Å²) in [6.07, 6.45) is 0.508. The van der Waals surface area contributed by atoms with Gasteiger partial charge in [-0.05, 0) is 48.4 Å². The lowest BCUT2D eigenvalue weighted by molar-refractivity contribution is 0.0728. The van der Waals surface area contributed by atoms with Crippen LogP contribution in [-0.2, 0) is 6.42 Å². The van der Waals surface area contributed by atoms with Gasteiger partial charge in [0.2, 0.25) is 5.76 Å². The van der Waals surface area contributed by atoms with Crippen LogP contribution in [0.2, 0.25) is 5.02 Å². The maximum atomic E-state index is 14.9.